The molecule has 1 aliphatic heterocycles. The molecule has 0 saturated heterocycles. The number of carbonyl (C=O) groups excluding carboxylic acids is 1. The van der Waals surface area contributed by atoms with Crippen LogP contribution < -0.4 is 0 Å². The number of H-pyrrole nitrogens is 1. The van der Waals surface area contributed by atoms with Crippen LogP contribution in [0.4, 0.5) is 0 Å². The Kier molecular flexibility index (Phi) is 5.57. The number of aromatic amines is 1. The van der Waals surface area contributed by atoms with Crippen LogP contribution >= 0.6 is 0 Å². The molecule has 3 heteroatoms. The fourth-order valence-corrected chi connectivity index (χ4v) is 5.04. The summed E-state index contributed by atoms with van der Waals surface area (Å²) in [5.41, 5.74) is 8.80. The summed E-state index contributed by atoms with van der Waals surface area (Å²) in [5.74, 6) is 0.257. The van der Waals surface area contributed by atoms with E-state index in [0.717, 1.165) is 19.4 Å². The summed E-state index contributed by atoms with van der Waals surface area (Å²) in [4.78, 5) is 19.1. The van der Waals surface area contributed by atoms with Crippen LogP contribution in [0, 0.1) is 6.92 Å². The molecule has 0 bridgehead atoms. The molecule has 1 N–H and O–H groups in total. The predicted molar refractivity (Wildman–Crippen MR) is 131 cm³/mol. The van der Waals surface area contributed by atoms with Crippen molar-refractivity contribution in [1.82, 2.24) is 9.88 Å². The number of benzene rings is 3. The third-order valence-electron chi connectivity index (χ3n) is 6.93. The first kappa shape index (κ1) is 20.6. The second kappa shape index (κ2) is 8.66. The third-order valence-corrected chi connectivity index (χ3v) is 6.93. The van der Waals surface area contributed by atoms with Crippen molar-refractivity contribution >= 4 is 16.8 Å². The van der Waals surface area contributed by atoms with Crippen LogP contribution in [0.3, 0.4) is 0 Å². The number of nitrogens with one attached hydrogen (secondary N) is 1. The minimum absolute atomic E-state index is 0.0288. The van der Waals surface area contributed by atoms with Crippen molar-refractivity contribution in [3.05, 3.63) is 106 Å². The molecule has 0 saturated carbocycles. The molecule has 0 aliphatic carbocycles. The van der Waals surface area contributed by atoms with E-state index in [1.807, 2.05) is 4.90 Å². The maximum Gasteiger partial charge on any atom is 0.223 e. The van der Waals surface area contributed by atoms with Crippen LogP contribution in [0.5, 0.6) is 0 Å². The van der Waals surface area contributed by atoms with Crippen LogP contribution in [0.1, 0.15) is 52.6 Å². The standard InChI is InChI=1S/C29H30N2O/c1-3-21-9-6-10-25-27(18-30-29(21)25)26(23-13-11-20(2)12-14-23)17-28(32)31-16-15-22-7-4-5-8-24(22)19-31/h4-14,18,26,30H,3,15-17,19H2,1-2H3. The van der Waals surface area contributed by atoms with Crippen molar-refractivity contribution < 1.29 is 4.79 Å². The SMILES string of the molecule is CCc1cccc2c(C(CC(=O)N3CCc4ccccc4C3)c3ccc(C)cc3)c[nH]c12. The highest BCUT2D eigenvalue weighted by atomic mass is 16.2. The zero-order valence-electron chi connectivity index (χ0n) is 18.9. The number of rotatable bonds is 5. The molecular weight excluding hydrogens is 392 g/mol. The van der Waals surface area contributed by atoms with Crippen molar-refractivity contribution in [2.45, 2.75) is 45.6 Å². The lowest BCUT2D eigenvalue weighted by molar-refractivity contribution is -0.132. The third kappa shape index (κ3) is 3.84. The van der Waals surface area contributed by atoms with E-state index in [1.165, 1.54) is 44.3 Å². The Morgan fingerprint density at radius 1 is 1.00 bits per heavy atom. The lowest BCUT2D eigenvalue weighted by atomic mass is 9.86. The van der Waals surface area contributed by atoms with Crippen molar-refractivity contribution in [3.63, 3.8) is 0 Å². The fraction of sp³-hybridized carbons (Fsp3) is 0.276. The van der Waals surface area contributed by atoms with E-state index in [4.69, 9.17) is 0 Å². The van der Waals surface area contributed by atoms with Gasteiger partial charge in [-0.15, -0.1) is 0 Å². The van der Waals surface area contributed by atoms with Gasteiger partial charge in [0.25, 0.3) is 0 Å². The van der Waals surface area contributed by atoms with Crippen LogP contribution in [0.2, 0.25) is 0 Å². The molecule has 1 amide bonds. The lowest BCUT2D eigenvalue weighted by Crippen LogP contribution is -2.36. The molecule has 0 spiro atoms. The van der Waals surface area contributed by atoms with E-state index in [2.05, 4.69) is 91.8 Å². The molecule has 32 heavy (non-hydrogen) atoms. The second-order valence-corrected chi connectivity index (χ2v) is 8.94. The van der Waals surface area contributed by atoms with E-state index in [1.54, 1.807) is 0 Å². The summed E-state index contributed by atoms with van der Waals surface area (Å²) >= 11 is 0. The monoisotopic (exact) mass is 422 g/mol. The average molecular weight is 423 g/mol. The summed E-state index contributed by atoms with van der Waals surface area (Å²) in [5, 5.41) is 1.23. The molecule has 1 atom stereocenters. The quantitative estimate of drug-likeness (QED) is 0.412. The van der Waals surface area contributed by atoms with E-state index in [-0.39, 0.29) is 11.8 Å². The highest BCUT2D eigenvalue weighted by Gasteiger charge is 2.26. The van der Waals surface area contributed by atoms with Crippen molar-refractivity contribution in [1.29, 1.82) is 0 Å². The van der Waals surface area contributed by atoms with E-state index in [0.29, 0.717) is 13.0 Å². The zero-order chi connectivity index (χ0) is 22.1. The smallest absolute Gasteiger partial charge is 0.223 e. The minimum Gasteiger partial charge on any atom is -0.361 e. The number of fused-ring (bicyclic) bond motifs is 2. The number of hydrogen-bond donors (Lipinski definition) is 1. The first-order valence-electron chi connectivity index (χ1n) is 11.6. The van der Waals surface area contributed by atoms with Crippen LogP contribution in [-0.2, 0) is 24.2 Å². The van der Waals surface area contributed by atoms with Gasteiger partial charge in [-0.2, -0.15) is 0 Å². The molecule has 1 unspecified atom stereocenters. The maximum atomic E-state index is 13.5. The molecule has 3 nitrogen and oxygen atoms in total. The number of amides is 1. The Hall–Kier alpha value is -3.33. The maximum absolute atomic E-state index is 13.5. The number of aromatic nitrogens is 1. The number of carbonyl (C=O) groups is 1. The van der Waals surface area contributed by atoms with Gasteiger partial charge < -0.3 is 9.88 Å². The van der Waals surface area contributed by atoms with Gasteiger partial charge in [-0.3, -0.25) is 4.79 Å². The average Bonchev–Trinajstić information content (AvgIpc) is 3.27. The molecule has 3 aromatic carbocycles. The van der Waals surface area contributed by atoms with E-state index in [9.17, 15) is 4.79 Å². The van der Waals surface area contributed by atoms with Crippen LogP contribution in [0.25, 0.3) is 10.9 Å². The summed E-state index contributed by atoms with van der Waals surface area (Å²) < 4.78 is 0. The van der Waals surface area contributed by atoms with Crippen LogP contribution in [-0.4, -0.2) is 22.3 Å². The summed E-state index contributed by atoms with van der Waals surface area (Å²) in [6.45, 7) is 5.80. The molecule has 4 aromatic rings. The molecule has 5 rings (SSSR count). The molecule has 2 heterocycles. The van der Waals surface area contributed by atoms with Gasteiger partial charge >= 0.3 is 0 Å². The van der Waals surface area contributed by atoms with Gasteiger partial charge in [0.2, 0.25) is 5.91 Å². The lowest BCUT2D eigenvalue weighted by Gasteiger charge is -2.30. The molecule has 0 radical (unpaired) electrons. The summed E-state index contributed by atoms with van der Waals surface area (Å²) in [6, 6.07) is 23.7. The largest absolute Gasteiger partial charge is 0.361 e. The van der Waals surface area contributed by atoms with Crippen molar-refractivity contribution in [2.75, 3.05) is 6.54 Å². The van der Waals surface area contributed by atoms with Gasteiger partial charge in [0.1, 0.15) is 0 Å². The van der Waals surface area contributed by atoms with Gasteiger partial charge in [0.05, 0.1) is 0 Å². The van der Waals surface area contributed by atoms with Crippen molar-refractivity contribution in [2.24, 2.45) is 0 Å². The highest BCUT2D eigenvalue weighted by Crippen LogP contribution is 2.35. The number of hydrogen-bond acceptors (Lipinski definition) is 1. The van der Waals surface area contributed by atoms with Gasteiger partial charge in [0.15, 0.2) is 0 Å². The van der Waals surface area contributed by atoms with Gasteiger partial charge in [-0.05, 0) is 47.6 Å². The van der Waals surface area contributed by atoms with Gasteiger partial charge in [0, 0.05) is 42.5 Å². The first-order valence-corrected chi connectivity index (χ1v) is 11.6. The number of para-hydroxylation sites is 1. The molecule has 1 aliphatic rings. The topological polar surface area (TPSA) is 36.1 Å². The number of aryl methyl sites for hydroxylation is 2. The van der Waals surface area contributed by atoms with Crippen molar-refractivity contribution in [3.8, 4) is 0 Å². The fourth-order valence-electron chi connectivity index (χ4n) is 5.04. The second-order valence-electron chi connectivity index (χ2n) is 8.94. The first-order chi connectivity index (χ1) is 15.6. The Morgan fingerprint density at radius 3 is 2.56 bits per heavy atom. The molecule has 1 aromatic heterocycles. The Morgan fingerprint density at radius 2 is 1.78 bits per heavy atom. The summed E-state index contributed by atoms with van der Waals surface area (Å²) in [7, 11) is 0. The minimum atomic E-state index is 0.0288. The van der Waals surface area contributed by atoms with E-state index >= 15 is 0 Å². The molecular formula is C29H30N2O. The Labute approximate surface area is 190 Å². The Bertz CT molecular complexity index is 1250. The molecule has 0 fully saturated rings. The zero-order valence-corrected chi connectivity index (χ0v) is 18.9. The predicted octanol–water partition coefficient (Wildman–Crippen LogP) is 6.15. The van der Waals surface area contributed by atoms with Gasteiger partial charge in [-0.25, -0.2) is 0 Å². The summed E-state index contributed by atoms with van der Waals surface area (Å²) in [6.07, 6.45) is 4.52. The highest BCUT2D eigenvalue weighted by molar-refractivity contribution is 5.88. The normalized spacial score (nSPS) is 14.4. The van der Waals surface area contributed by atoms with E-state index < -0.39 is 0 Å². The Balaban J connectivity index is 1.49. The van der Waals surface area contributed by atoms with Gasteiger partial charge in [-0.1, -0.05) is 79.2 Å². The molecule has 162 valence electrons. The number of nitrogens with zero attached hydrogens (tertiary/aromatic N) is 1. The van der Waals surface area contributed by atoms with Crippen LogP contribution in [0.15, 0.2) is 72.9 Å².